The molecule has 2 aliphatic rings. The van der Waals surface area contributed by atoms with Crippen LogP contribution in [0.3, 0.4) is 0 Å². The Morgan fingerprint density at radius 2 is 1.70 bits per heavy atom. The third kappa shape index (κ3) is 5.24. The van der Waals surface area contributed by atoms with Crippen molar-refractivity contribution in [3.63, 3.8) is 0 Å². The van der Waals surface area contributed by atoms with Gasteiger partial charge in [-0.05, 0) is 36.5 Å². The van der Waals surface area contributed by atoms with Gasteiger partial charge in [-0.2, -0.15) is 0 Å². The van der Waals surface area contributed by atoms with Gasteiger partial charge in [0.25, 0.3) is 5.91 Å². The van der Waals surface area contributed by atoms with Crippen LogP contribution < -0.4 is 0 Å². The molecule has 0 saturated carbocycles. The van der Waals surface area contributed by atoms with Gasteiger partial charge < -0.3 is 9.80 Å². The van der Waals surface area contributed by atoms with Gasteiger partial charge in [-0.25, -0.2) is 0 Å². The van der Waals surface area contributed by atoms with Crippen LogP contribution in [0.25, 0.3) is 0 Å². The van der Waals surface area contributed by atoms with Crippen molar-refractivity contribution in [3.05, 3.63) is 33.3 Å². The molecule has 1 aromatic rings. The molecule has 2 atom stereocenters. The maximum absolute atomic E-state index is 12.7. The van der Waals surface area contributed by atoms with Gasteiger partial charge in [0.2, 0.25) is 5.91 Å². The Hall–Kier alpha value is -1.11. The molecular formula is C20H27BrClN3O2. The fraction of sp³-hybridized carbons (Fsp3) is 0.600. The molecule has 0 bridgehead atoms. The van der Waals surface area contributed by atoms with Crippen molar-refractivity contribution in [3.8, 4) is 0 Å². The quantitative estimate of drug-likeness (QED) is 0.700. The number of benzene rings is 1. The van der Waals surface area contributed by atoms with Crippen molar-refractivity contribution in [1.29, 1.82) is 0 Å². The SMILES string of the molecule is CC1CC(C)CN(C(=O)CN2CCN(C(=O)c3ccc(Br)cc3Cl)CC2)C1. The van der Waals surface area contributed by atoms with E-state index in [0.29, 0.717) is 55.1 Å². The zero-order valence-corrected chi connectivity index (χ0v) is 18.3. The lowest BCUT2D eigenvalue weighted by Gasteiger charge is -2.38. The van der Waals surface area contributed by atoms with E-state index in [1.165, 1.54) is 6.42 Å². The Labute approximate surface area is 174 Å². The molecule has 0 spiro atoms. The summed E-state index contributed by atoms with van der Waals surface area (Å²) in [5.74, 6) is 1.31. The summed E-state index contributed by atoms with van der Waals surface area (Å²) in [5.41, 5.74) is 0.528. The van der Waals surface area contributed by atoms with E-state index in [1.54, 1.807) is 12.1 Å². The number of hydrogen-bond acceptors (Lipinski definition) is 3. The molecule has 0 aromatic heterocycles. The molecule has 7 heteroatoms. The molecule has 0 aliphatic carbocycles. The molecule has 1 aromatic carbocycles. The second kappa shape index (κ2) is 8.93. The number of rotatable bonds is 3. The molecule has 2 unspecified atom stereocenters. The fourth-order valence-corrected chi connectivity index (χ4v) is 4.85. The minimum atomic E-state index is -0.0443. The first-order valence-corrected chi connectivity index (χ1v) is 10.7. The van der Waals surface area contributed by atoms with E-state index in [9.17, 15) is 9.59 Å². The van der Waals surface area contributed by atoms with Gasteiger partial charge in [0.15, 0.2) is 0 Å². The number of piperazine rings is 1. The van der Waals surface area contributed by atoms with Crippen LogP contribution in [0.5, 0.6) is 0 Å². The first-order valence-electron chi connectivity index (χ1n) is 9.58. The lowest BCUT2D eigenvalue weighted by molar-refractivity contribution is -0.135. The highest BCUT2D eigenvalue weighted by molar-refractivity contribution is 9.10. The van der Waals surface area contributed by atoms with E-state index in [-0.39, 0.29) is 11.8 Å². The van der Waals surface area contributed by atoms with Crippen LogP contribution in [0.2, 0.25) is 5.02 Å². The lowest BCUT2D eigenvalue weighted by Crippen LogP contribution is -2.53. The number of halogens is 2. The predicted molar refractivity (Wildman–Crippen MR) is 111 cm³/mol. The van der Waals surface area contributed by atoms with Crippen molar-refractivity contribution in [2.24, 2.45) is 11.8 Å². The molecule has 3 rings (SSSR count). The number of carbonyl (C=O) groups is 2. The molecule has 148 valence electrons. The van der Waals surface area contributed by atoms with Crippen molar-refractivity contribution >= 4 is 39.3 Å². The Morgan fingerprint density at radius 3 is 2.30 bits per heavy atom. The topological polar surface area (TPSA) is 43.9 Å². The number of amides is 2. The van der Waals surface area contributed by atoms with Gasteiger partial charge >= 0.3 is 0 Å². The Bertz CT molecular complexity index is 696. The largest absolute Gasteiger partial charge is 0.341 e. The number of carbonyl (C=O) groups excluding carboxylic acids is 2. The standard InChI is InChI=1S/C20H27BrClN3O2/c1-14-9-15(2)12-25(11-14)19(26)13-23-5-7-24(8-6-23)20(27)17-4-3-16(21)10-18(17)22/h3-4,10,14-15H,5-9,11-13H2,1-2H3. The summed E-state index contributed by atoms with van der Waals surface area (Å²) < 4.78 is 0.855. The van der Waals surface area contributed by atoms with Crippen LogP contribution in [0.4, 0.5) is 0 Å². The van der Waals surface area contributed by atoms with Crippen molar-refractivity contribution < 1.29 is 9.59 Å². The van der Waals surface area contributed by atoms with E-state index in [1.807, 2.05) is 15.9 Å². The molecule has 0 N–H and O–H groups in total. The number of piperidine rings is 1. The summed E-state index contributed by atoms with van der Waals surface area (Å²) in [5, 5.41) is 0.459. The van der Waals surface area contributed by atoms with Crippen LogP contribution in [0, 0.1) is 11.8 Å². The molecule has 27 heavy (non-hydrogen) atoms. The normalized spacial score (nSPS) is 24.1. The minimum absolute atomic E-state index is 0.0443. The van der Waals surface area contributed by atoms with Gasteiger partial charge in [-0.3, -0.25) is 14.5 Å². The van der Waals surface area contributed by atoms with E-state index in [4.69, 9.17) is 11.6 Å². The second-order valence-electron chi connectivity index (χ2n) is 7.94. The summed E-state index contributed by atoms with van der Waals surface area (Å²) in [7, 11) is 0. The highest BCUT2D eigenvalue weighted by Gasteiger charge is 2.28. The highest BCUT2D eigenvalue weighted by Crippen LogP contribution is 2.24. The number of nitrogens with zero attached hydrogens (tertiary/aromatic N) is 3. The molecule has 0 radical (unpaired) electrons. The molecular weight excluding hydrogens is 430 g/mol. The maximum Gasteiger partial charge on any atom is 0.255 e. The van der Waals surface area contributed by atoms with Gasteiger partial charge in [0, 0.05) is 43.7 Å². The average Bonchev–Trinajstić information content (AvgIpc) is 2.61. The van der Waals surface area contributed by atoms with E-state index < -0.39 is 0 Å². The zero-order chi connectivity index (χ0) is 19.6. The molecule has 2 fully saturated rings. The fourth-order valence-electron chi connectivity index (χ4n) is 4.10. The first-order chi connectivity index (χ1) is 12.8. The van der Waals surface area contributed by atoms with E-state index >= 15 is 0 Å². The van der Waals surface area contributed by atoms with E-state index in [2.05, 4.69) is 34.7 Å². The Kier molecular flexibility index (Phi) is 6.82. The Morgan fingerprint density at radius 1 is 1.07 bits per heavy atom. The van der Waals surface area contributed by atoms with E-state index in [0.717, 1.165) is 17.6 Å². The number of likely N-dealkylation sites (tertiary alicyclic amines) is 1. The second-order valence-corrected chi connectivity index (χ2v) is 9.26. The first kappa shape index (κ1) is 20.6. The minimum Gasteiger partial charge on any atom is -0.341 e. The van der Waals surface area contributed by atoms with Crippen molar-refractivity contribution in [1.82, 2.24) is 14.7 Å². The predicted octanol–water partition coefficient (Wildman–Crippen LogP) is 3.36. The highest BCUT2D eigenvalue weighted by atomic mass is 79.9. The summed E-state index contributed by atoms with van der Waals surface area (Å²) >= 11 is 9.57. The summed E-state index contributed by atoms with van der Waals surface area (Å²) in [6.45, 7) is 9.26. The Balaban J connectivity index is 1.51. The van der Waals surface area contributed by atoms with Crippen LogP contribution in [0.1, 0.15) is 30.6 Å². The molecule has 2 amide bonds. The van der Waals surface area contributed by atoms with Gasteiger partial charge in [0.1, 0.15) is 0 Å². The number of hydrogen-bond donors (Lipinski definition) is 0. The monoisotopic (exact) mass is 455 g/mol. The zero-order valence-electron chi connectivity index (χ0n) is 16.0. The van der Waals surface area contributed by atoms with Crippen LogP contribution in [-0.2, 0) is 4.79 Å². The smallest absolute Gasteiger partial charge is 0.255 e. The van der Waals surface area contributed by atoms with Crippen LogP contribution in [-0.4, -0.2) is 72.3 Å². The summed E-state index contributed by atoms with van der Waals surface area (Å²) in [6.07, 6.45) is 1.20. The molecule has 2 saturated heterocycles. The van der Waals surface area contributed by atoms with Gasteiger partial charge in [-0.15, -0.1) is 0 Å². The molecule has 2 heterocycles. The summed E-state index contributed by atoms with van der Waals surface area (Å²) in [6, 6.07) is 5.32. The third-order valence-corrected chi connectivity index (χ3v) is 6.21. The van der Waals surface area contributed by atoms with Crippen molar-refractivity contribution in [2.45, 2.75) is 20.3 Å². The molecule has 2 aliphatic heterocycles. The van der Waals surface area contributed by atoms with Gasteiger partial charge in [0.05, 0.1) is 17.1 Å². The maximum atomic E-state index is 12.7. The van der Waals surface area contributed by atoms with Crippen LogP contribution >= 0.6 is 27.5 Å². The van der Waals surface area contributed by atoms with Crippen LogP contribution in [0.15, 0.2) is 22.7 Å². The van der Waals surface area contributed by atoms with Crippen molar-refractivity contribution in [2.75, 3.05) is 45.8 Å². The third-order valence-electron chi connectivity index (χ3n) is 5.40. The lowest BCUT2D eigenvalue weighted by atomic mass is 9.92. The summed E-state index contributed by atoms with van der Waals surface area (Å²) in [4.78, 5) is 31.3. The molecule has 5 nitrogen and oxygen atoms in total. The van der Waals surface area contributed by atoms with Gasteiger partial charge in [-0.1, -0.05) is 41.4 Å². The average molecular weight is 457 g/mol.